The number of H-pyrrole nitrogens is 1. The van der Waals surface area contributed by atoms with Gasteiger partial charge in [-0.05, 0) is 18.2 Å². The van der Waals surface area contributed by atoms with Crippen LogP contribution in [0.25, 0.3) is 11.3 Å². The lowest BCUT2D eigenvalue weighted by Gasteiger charge is -2.10. The van der Waals surface area contributed by atoms with Crippen LogP contribution in [0.1, 0.15) is 0 Å². The second kappa shape index (κ2) is 4.87. The number of hydrogen-bond acceptors (Lipinski definition) is 4. The molecule has 0 aliphatic rings. The Labute approximate surface area is 102 Å². The van der Waals surface area contributed by atoms with E-state index in [1.807, 2.05) is 0 Å². The summed E-state index contributed by atoms with van der Waals surface area (Å²) in [4.78, 5) is 18.0. The van der Waals surface area contributed by atoms with Gasteiger partial charge in [-0.15, -0.1) is 0 Å². The van der Waals surface area contributed by atoms with Gasteiger partial charge in [0.15, 0.2) is 0 Å². The van der Waals surface area contributed by atoms with Crippen LogP contribution in [0.2, 0.25) is 0 Å². The highest BCUT2D eigenvalue weighted by Gasteiger charge is 2.16. The maximum Gasteiger partial charge on any atom is 0.293 e. The van der Waals surface area contributed by atoms with Gasteiger partial charge < -0.3 is 14.5 Å². The van der Waals surface area contributed by atoms with Gasteiger partial charge in [0.2, 0.25) is 5.75 Å². The summed E-state index contributed by atoms with van der Waals surface area (Å²) in [7, 11) is 2.80. The van der Waals surface area contributed by atoms with E-state index >= 15 is 0 Å². The predicted molar refractivity (Wildman–Crippen MR) is 63.4 cm³/mol. The first-order chi connectivity index (χ1) is 8.67. The molecule has 6 heteroatoms. The van der Waals surface area contributed by atoms with Crippen molar-refractivity contribution in [2.24, 2.45) is 0 Å². The molecule has 0 amide bonds. The van der Waals surface area contributed by atoms with Crippen LogP contribution in [-0.4, -0.2) is 24.2 Å². The van der Waals surface area contributed by atoms with Crippen molar-refractivity contribution in [3.8, 4) is 22.8 Å². The molecule has 1 N–H and O–H groups in total. The van der Waals surface area contributed by atoms with Gasteiger partial charge in [-0.3, -0.25) is 4.79 Å². The van der Waals surface area contributed by atoms with Crippen LogP contribution in [0, 0.1) is 5.82 Å². The van der Waals surface area contributed by atoms with Gasteiger partial charge in [0, 0.05) is 5.56 Å². The van der Waals surface area contributed by atoms with Crippen LogP contribution < -0.4 is 15.0 Å². The molecule has 0 radical (unpaired) electrons. The Morgan fingerprint density at radius 3 is 2.72 bits per heavy atom. The van der Waals surface area contributed by atoms with E-state index in [2.05, 4.69) is 9.97 Å². The Kier molecular flexibility index (Phi) is 3.27. The van der Waals surface area contributed by atoms with E-state index in [0.29, 0.717) is 11.3 Å². The second-order valence-electron chi connectivity index (χ2n) is 3.46. The van der Waals surface area contributed by atoms with Crippen molar-refractivity contribution in [3.63, 3.8) is 0 Å². The van der Waals surface area contributed by atoms with Gasteiger partial charge in [-0.2, -0.15) is 0 Å². The topological polar surface area (TPSA) is 64.2 Å². The van der Waals surface area contributed by atoms with Gasteiger partial charge in [0.1, 0.15) is 17.3 Å². The van der Waals surface area contributed by atoms with E-state index in [1.165, 1.54) is 38.7 Å². The minimum Gasteiger partial charge on any atom is -0.496 e. The molecule has 2 rings (SSSR count). The molecule has 18 heavy (non-hydrogen) atoms. The van der Waals surface area contributed by atoms with Crippen molar-refractivity contribution in [2.75, 3.05) is 14.2 Å². The molecule has 0 fully saturated rings. The van der Waals surface area contributed by atoms with Crippen molar-refractivity contribution >= 4 is 0 Å². The van der Waals surface area contributed by atoms with E-state index < -0.39 is 11.4 Å². The number of hydrogen-bond donors (Lipinski definition) is 1. The van der Waals surface area contributed by atoms with Crippen molar-refractivity contribution in [1.82, 2.24) is 9.97 Å². The number of ether oxygens (including phenoxy) is 2. The standard InChI is InChI=1S/C12H11FN2O3/c1-17-9-4-3-7(13)5-8(9)10-11(18-2)12(16)15-6-14-10/h3-6H,1-2H3,(H,14,15,16). The lowest BCUT2D eigenvalue weighted by Crippen LogP contribution is -2.11. The Morgan fingerprint density at radius 2 is 2.06 bits per heavy atom. The maximum absolute atomic E-state index is 13.3. The van der Waals surface area contributed by atoms with Gasteiger partial charge >= 0.3 is 0 Å². The van der Waals surface area contributed by atoms with Crippen molar-refractivity contribution in [3.05, 3.63) is 40.7 Å². The highest BCUT2D eigenvalue weighted by atomic mass is 19.1. The van der Waals surface area contributed by atoms with Gasteiger partial charge in [-0.1, -0.05) is 0 Å². The zero-order valence-electron chi connectivity index (χ0n) is 9.86. The second-order valence-corrected chi connectivity index (χ2v) is 3.46. The number of benzene rings is 1. The average Bonchev–Trinajstić information content (AvgIpc) is 2.38. The molecule has 0 saturated heterocycles. The summed E-state index contributed by atoms with van der Waals surface area (Å²) in [5.74, 6) is -0.0239. The fourth-order valence-electron chi connectivity index (χ4n) is 1.63. The minimum absolute atomic E-state index is 0.0152. The number of aromatic amines is 1. The summed E-state index contributed by atoms with van der Waals surface area (Å²) >= 11 is 0. The summed E-state index contributed by atoms with van der Waals surface area (Å²) in [6.45, 7) is 0. The quantitative estimate of drug-likeness (QED) is 0.898. The first kappa shape index (κ1) is 12.1. The summed E-state index contributed by atoms with van der Waals surface area (Å²) in [5, 5.41) is 0. The van der Waals surface area contributed by atoms with Crippen LogP contribution in [0.15, 0.2) is 29.3 Å². The molecule has 0 saturated carbocycles. The van der Waals surface area contributed by atoms with Crippen molar-refractivity contribution in [1.29, 1.82) is 0 Å². The summed E-state index contributed by atoms with van der Waals surface area (Å²) < 4.78 is 23.4. The Morgan fingerprint density at radius 1 is 1.28 bits per heavy atom. The highest BCUT2D eigenvalue weighted by molar-refractivity contribution is 5.71. The van der Waals surface area contributed by atoms with Crippen LogP contribution in [0.4, 0.5) is 4.39 Å². The Balaban J connectivity index is 2.72. The largest absolute Gasteiger partial charge is 0.496 e. The Bertz CT molecular complexity index is 625. The SMILES string of the molecule is COc1ccc(F)cc1-c1nc[nH]c(=O)c1OC. The third-order valence-electron chi connectivity index (χ3n) is 2.43. The van der Waals surface area contributed by atoms with E-state index in [-0.39, 0.29) is 11.4 Å². The highest BCUT2D eigenvalue weighted by Crippen LogP contribution is 2.32. The molecule has 1 aromatic carbocycles. The van der Waals surface area contributed by atoms with Crippen LogP contribution in [0.3, 0.4) is 0 Å². The molecule has 94 valence electrons. The average molecular weight is 250 g/mol. The summed E-state index contributed by atoms with van der Waals surface area (Å²) in [6, 6.07) is 3.97. The van der Waals surface area contributed by atoms with Crippen LogP contribution in [0.5, 0.6) is 11.5 Å². The number of rotatable bonds is 3. The van der Waals surface area contributed by atoms with Gasteiger partial charge in [-0.25, -0.2) is 9.37 Å². The molecule has 5 nitrogen and oxygen atoms in total. The van der Waals surface area contributed by atoms with E-state index in [0.717, 1.165) is 0 Å². The van der Waals surface area contributed by atoms with Crippen molar-refractivity contribution in [2.45, 2.75) is 0 Å². The number of nitrogens with one attached hydrogen (secondary N) is 1. The molecule has 2 aromatic rings. The Hall–Kier alpha value is -2.37. The number of aromatic nitrogens is 2. The summed E-state index contributed by atoms with van der Waals surface area (Å²) in [5.41, 5.74) is 0.159. The fraction of sp³-hybridized carbons (Fsp3) is 0.167. The van der Waals surface area contributed by atoms with E-state index in [1.54, 1.807) is 0 Å². The number of halogens is 1. The zero-order valence-corrected chi connectivity index (χ0v) is 9.86. The third-order valence-corrected chi connectivity index (χ3v) is 2.43. The molecule has 0 unspecified atom stereocenters. The molecule has 1 heterocycles. The molecule has 0 bridgehead atoms. The van der Waals surface area contributed by atoms with Crippen molar-refractivity contribution < 1.29 is 13.9 Å². The molecule has 0 aliphatic heterocycles. The monoisotopic (exact) mass is 250 g/mol. The lowest BCUT2D eigenvalue weighted by atomic mass is 10.1. The summed E-state index contributed by atoms with van der Waals surface area (Å²) in [6.07, 6.45) is 1.23. The lowest BCUT2D eigenvalue weighted by molar-refractivity contribution is 0.404. The van der Waals surface area contributed by atoms with E-state index in [4.69, 9.17) is 9.47 Å². The van der Waals surface area contributed by atoms with Crippen LogP contribution >= 0.6 is 0 Å². The maximum atomic E-state index is 13.3. The van der Waals surface area contributed by atoms with Crippen LogP contribution in [-0.2, 0) is 0 Å². The fourth-order valence-corrected chi connectivity index (χ4v) is 1.63. The van der Waals surface area contributed by atoms with Gasteiger partial charge in [0.05, 0.1) is 20.5 Å². The number of nitrogens with zero attached hydrogens (tertiary/aromatic N) is 1. The molecule has 0 atom stereocenters. The van der Waals surface area contributed by atoms with Gasteiger partial charge in [0.25, 0.3) is 5.56 Å². The molecule has 0 aliphatic carbocycles. The smallest absolute Gasteiger partial charge is 0.293 e. The minimum atomic E-state index is -0.449. The molecular weight excluding hydrogens is 239 g/mol. The van der Waals surface area contributed by atoms with E-state index in [9.17, 15) is 9.18 Å². The first-order valence-electron chi connectivity index (χ1n) is 5.13. The molecule has 1 aromatic heterocycles. The predicted octanol–water partition coefficient (Wildman–Crippen LogP) is 1.59. The number of methoxy groups -OCH3 is 2. The molecular formula is C12H11FN2O3. The zero-order chi connectivity index (χ0) is 13.1. The third kappa shape index (κ3) is 2.04. The normalized spacial score (nSPS) is 10.2. The first-order valence-corrected chi connectivity index (χ1v) is 5.13. The molecule has 0 spiro atoms.